The van der Waals surface area contributed by atoms with Crippen molar-refractivity contribution in [3.63, 3.8) is 0 Å². The molecule has 0 spiro atoms. The van der Waals surface area contributed by atoms with E-state index in [2.05, 4.69) is 39.2 Å². The van der Waals surface area contributed by atoms with Crippen molar-refractivity contribution in [1.29, 1.82) is 0 Å². The standard InChI is InChI=1S/C17H18N2OS/c20-17-15(10-12-4-2-1-3-5-12)18-16(13-8-9-21-11-13)19(17)14-6-7-14/h1-5,8-9,11,14-16,18H,6-7,10H2. The highest BCUT2D eigenvalue weighted by Crippen LogP contribution is 2.38. The third kappa shape index (κ3) is 2.49. The molecule has 1 saturated heterocycles. The Balaban J connectivity index is 1.58. The number of nitrogens with zero attached hydrogens (tertiary/aromatic N) is 1. The highest BCUT2D eigenvalue weighted by Gasteiger charge is 2.46. The van der Waals surface area contributed by atoms with Crippen LogP contribution >= 0.6 is 11.3 Å². The van der Waals surface area contributed by atoms with E-state index in [1.165, 1.54) is 11.1 Å². The van der Waals surface area contributed by atoms with E-state index in [1.807, 2.05) is 18.2 Å². The summed E-state index contributed by atoms with van der Waals surface area (Å²) in [7, 11) is 0. The van der Waals surface area contributed by atoms with E-state index < -0.39 is 0 Å². The first-order valence-electron chi connectivity index (χ1n) is 7.47. The van der Waals surface area contributed by atoms with Crippen LogP contribution in [0.3, 0.4) is 0 Å². The SMILES string of the molecule is O=C1C(Cc2ccccc2)NC(c2ccsc2)N1C1CC1. The van der Waals surface area contributed by atoms with Gasteiger partial charge >= 0.3 is 0 Å². The minimum Gasteiger partial charge on any atom is -0.319 e. The number of carbonyl (C=O) groups is 1. The number of amides is 1. The maximum Gasteiger partial charge on any atom is 0.241 e. The summed E-state index contributed by atoms with van der Waals surface area (Å²) in [6, 6.07) is 12.7. The van der Waals surface area contributed by atoms with Gasteiger partial charge < -0.3 is 4.90 Å². The van der Waals surface area contributed by atoms with Crippen LogP contribution < -0.4 is 5.32 Å². The molecule has 2 fully saturated rings. The van der Waals surface area contributed by atoms with Gasteiger partial charge in [-0.1, -0.05) is 30.3 Å². The van der Waals surface area contributed by atoms with Crippen LogP contribution in [0.1, 0.15) is 30.1 Å². The Kier molecular flexibility index (Phi) is 3.28. The van der Waals surface area contributed by atoms with Gasteiger partial charge in [0.1, 0.15) is 6.17 Å². The van der Waals surface area contributed by atoms with Crippen LogP contribution in [-0.2, 0) is 11.2 Å². The minimum atomic E-state index is -0.0992. The summed E-state index contributed by atoms with van der Waals surface area (Å²) in [5, 5.41) is 7.77. The van der Waals surface area contributed by atoms with Crippen LogP contribution in [0.5, 0.6) is 0 Å². The molecule has 1 N–H and O–H groups in total. The Morgan fingerprint density at radius 1 is 1.19 bits per heavy atom. The summed E-state index contributed by atoms with van der Waals surface area (Å²) in [6.45, 7) is 0. The van der Waals surface area contributed by atoms with Crippen molar-refractivity contribution in [2.24, 2.45) is 0 Å². The zero-order valence-electron chi connectivity index (χ0n) is 11.7. The van der Waals surface area contributed by atoms with E-state index >= 15 is 0 Å². The van der Waals surface area contributed by atoms with Crippen LogP contribution in [0.4, 0.5) is 0 Å². The molecule has 2 unspecified atom stereocenters. The minimum absolute atomic E-state index is 0.0602. The monoisotopic (exact) mass is 298 g/mol. The van der Waals surface area contributed by atoms with Crippen LogP contribution in [0.2, 0.25) is 0 Å². The largest absolute Gasteiger partial charge is 0.319 e. The lowest BCUT2D eigenvalue weighted by Crippen LogP contribution is -2.33. The van der Waals surface area contributed by atoms with Gasteiger partial charge in [0.05, 0.1) is 6.04 Å². The number of nitrogens with one attached hydrogen (secondary N) is 1. The summed E-state index contributed by atoms with van der Waals surface area (Å²) in [5.74, 6) is 0.262. The summed E-state index contributed by atoms with van der Waals surface area (Å²) >= 11 is 1.69. The topological polar surface area (TPSA) is 32.3 Å². The summed E-state index contributed by atoms with van der Waals surface area (Å²) in [4.78, 5) is 14.8. The number of carbonyl (C=O) groups excluding carboxylic acids is 1. The molecule has 2 atom stereocenters. The average molecular weight is 298 g/mol. The van der Waals surface area contributed by atoms with Gasteiger partial charge in [-0.25, -0.2) is 0 Å². The van der Waals surface area contributed by atoms with E-state index in [-0.39, 0.29) is 18.1 Å². The van der Waals surface area contributed by atoms with Crippen LogP contribution in [0, 0.1) is 0 Å². The number of hydrogen-bond donors (Lipinski definition) is 1. The highest BCUT2D eigenvalue weighted by molar-refractivity contribution is 7.07. The maximum atomic E-state index is 12.8. The second-order valence-corrected chi connectivity index (χ2v) is 6.62. The fraction of sp³-hybridized carbons (Fsp3) is 0.353. The van der Waals surface area contributed by atoms with Gasteiger partial charge in [-0.15, -0.1) is 0 Å². The first-order chi connectivity index (χ1) is 10.3. The van der Waals surface area contributed by atoms with E-state index in [9.17, 15) is 4.79 Å². The Labute approximate surface area is 128 Å². The van der Waals surface area contributed by atoms with E-state index in [1.54, 1.807) is 11.3 Å². The summed E-state index contributed by atoms with van der Waals surface area (Å²) in [5.41, 5.74) is 2.43. The number of benzene rings is 1. The molecule has 2 heterocycles. The quantitative estimate of drug-likeness (QED) is 0.941. The summed E-state index contributed by atoms with van der Waals surface area (Å²) in [6.07, 6.45) is 3.12. The van der Waals surface area contributed by atoms with Crippen LogP contribution in [0.25, 0.3) is 0 Å². The fourth-order valence-corrected chi connectivity index (χ4v) is 3.76. The normalized spacial score (nSPS) is 25.5. The molecule has 0 radical (unpaired) electrons. The highest BCUT2D eigenvalue weighted by atomic mass is 32.1. The lowest BCUT2D eigenvalue weighted by Gasteiger charge is -2.23. The van der Waals surface area contributed by atoms with Crippen molar-refractivity contribution in [2.45, 2.75) is 37.5 Å². The number of rotatable bonds is 4. The maximum absolute atomic E-state index is 12.8. The van der Waals surface area contributed by atoms with E-state index in [0.29, 0.717) is 6.04 Å². The first-order valence-corrected chi connectivity index (χ1v) is 8.41. The molecule has 21 heavy (non-hydrogen) atoms. The third-order valence-corrected chi connectivity index (χ3v) is 4.97. The molecular formula is C17H18N2OS. The van der Waals surface area contributed by atoms with Crippen LogP contribution in [0.15, 0.2) is 47.2 Å². The lowest BCUT2D eigenvalue weighted by molar-refractivity contribution is -0.130. The Hall–Kier alpha value is -1.65. The molecule has 0 bridgehead atoms. The molecule has 2 aromatic rings. The Morgan fingerprint density at radius 3 is 2.67 bits per heavy atom. The van der Waals surface area contributed by atoms with Crippen LogP contribution in [-0.4, -0.2) is 22.9 Å². The van der Waals surface area contributed by atoms with Gasteiger partial charge in [-0.3, -0.25) is 10.1 Å². The molecule has 4 heteroatoms. The van der Waals surface area contributed by atoms with Crippen molar-refractivity contribution in [3.8, 4) is 0 Å². The molecule has 1 aromatic carbocycles. The summed E-state index contributed by atoms with van der Waals surface area (Å²) < 4.78 is 0. The number of hydrogen-bond acceptors (Lipinski definition) is 3. The predicted octanol–water partition coefficient (Wildman–Crippen LogP) is 2.95. The van der Waals surface area contributed by atoms with Gasteiger partial charge in [0.2, 0.25) is 5.91 Å². The van der Waals surface area contributed by atoms with Gasteiger partial charge in [-0.2, -0.15) is 11.3 Å². The zero-order valence-corrected chi connectivity index (χ0v) is 12.6. The molecule has 1 aliphatic carbocycles. The number of thiophene rings is 1. The van der Waals surface area contributed by atoms with Crippen molar-refractivity contribution in [2.75, 3.05) is 0 Å². The zero-order chi connectivity index (χ0) is 14.2. The lowest BCUT2D eigenvalue weighted by atomic mass is 10.1. The first kappa shape index (κ1) is 13.0. The van der Waals surface area contributed by atoms with E-state index in [4.69, 9.17) is 0 Å². The van der Waals surface area contributed by atoms with Crippen molar-refractivity contribution >= 4 is 17.2 Å². The molecule has 1 saturated carbocycles. The fourth-order valence-electron chi connectivity index (χ4n) is 3.08. The molecule has 1 amide bonds. The molecule has 2 aliphatic rings. The second kappa shape index (κ2) is 5.28. The van der Waals surface area contributed by atoms with Gasteiger partial charge in [0, 0.05) is 6.04 Å². The molecule has 108 valence electrons. The predicted molar refractivity (Wildman–Crippen MR) is 84.0 cm³/mol. The molecular weight excluding hydrogens is 280 g/mol. The molecule has 1 aromatic heterocycles. The van der Waals surface area contributed by atoms with Crippen molar-refractivity contribution < 1.29 is 4.79 Å². The van der Waals surface area contributed by atoms with E-state index in [0.717, 1.165) is 19.3 Å². The second-order valence-electron chi connectivity index (χ2n) is 5.84. The van der Waals surface area contributed by atoms with Gasteiger partial charge in [-0.05, 0) is 47.2 Å². The third-order valence-electron chi connectivity index (χ3n) is 4.27. The smallest absolute Gasteiger partial charge is 0.241 e. The average Bonchev–Trinajstić information content (AvgIpc) is 3.09. The Morgan fingerprint density at radius 2 is 2.00 bits per heavy atom. The van der Waals surface area contributed by atoms with Gasteiger partial charge in [0.15, 0.2) is 0 Å². The molecule has 1 aliphatic heterocycles. The van der Waals surface area contributed by atoms with Crippen molar-refractivity contribution in [1.82, 2.24) is 10.2 Å². The van der Waals surface area contributed by atoms with Crippen molar-refractivity contribution in [3.05, 3.63) is 58.3 Å². The molecule has 4 rings (SSSR count). The molecule has 3 nitrogen and oxygen atoms in total. The Bertz CT molecular complexity index is 622. The van der Waals surface area contributed by atoms with Gasteiger partial charge in [0.25, 0.3) is 0 Å².